The van der Waals surface area contributed by atoms with Gasteiger partial charge in [0.15, 0.2) is 0 Å². The van der Waals surface area contributed by atoms with Crippen LogP contribution in [-0.4, -0.2) is 16.1 Å². The summed E-state index contributed by atoms with van der Waals surface area (Å²) >= 11 is 0. The first kappa shape index (κ1) is 12.9. The molecule has 0 aliphatic carbocycles. The summed E-state index contributed by atoms with van der Waals surface area (Å²) in [4.78, 5) is 4.47. The molecule has 0 aliphatic rings. The number of furan rings is 1. The van der Waals surface area contributed by atoms with Crippen molar-refractivity contribution >= 4 is 11.0 Å². The van der Waals surface area contributed by atoms with Crippen molar-refractivity contribution in [3.8, 4) is 0 Å². The van der Waals surface area contributed by atoms with E-state index < -0.39 is 0 Å². The molecule has 0 bridgehead atoms. The highest BCUT2D eigenvalue weighted by Crippen LogP contribution is 2.18. The van der Waals surface area contributed by atoms with Gasteiger partial charge in [-0.15, -0.1) is 0 Å². The summed E-state index contributed by atoms with van der Waals surface area (Å²) in [6, 6.07) is 8.25. The second-order valence-electron chi connectivity index (χ2n) is 5.12. The Hall–Kier alpha value is -2.07. The van der Waals surface area contributed by atoms with Gasteiger partial charge in [0.25, 0.3) is 0 Å². The molecule has 4 nitrogen and oxygen atoms in total. The highest BCUT2D eigenvalue weighted by Gasteiger charge is 2.04. The van der Waals surface area contributed by atoms with Gasteiger partial charge in [0.1, 0.15) is 5.76 Å². The minimum atomic E-state index is 0.762. The third-order valence-electron chi connectivity index (χ3n) is 3.65. The van der Waals surface area contributed by atoms with Crippen LogP contribution in [-0.2, 0) is 13.1 Å². The maximum atomic E-state index is 5.29. The molecule has 0 unspecified atom stereocenters. The number of nitrogens with one attached hydrogen (secondary N) is 1. The molecule has 0 amide bonds. The Kier molecular flexibility index (Phi) is 3.56. The topological polar surface area (TPSA) is 43.0 Å². The summed E-state index contributed by atoms with van der Waals surface area (Å²) < 4.78 is 7.48. The lowest BCUT2D eigenvalue weighted by Gasteiger charge is -2.07. The van der Waals surface area contributed by atoms with Crippen LogP contribution in [0.3, 0.4) is 0 Å². The van der Waals surface area contributed by atoms with Crippen LogP contribution in [0.1, 0.15) is 16.9 Å². The molecule has 0 fully saturated rings. The van der Waals surface area contributed by atoms with Crippen molar-refractivity contribution in [3.05, 3.63) is 53.7 Å². The fraction of sp³-hybridized carbons (Fsp3) is 0.312. The Morgan fingerprint density at radius 3 is 2.90 bits per heavy atom. The minimum absolute atomic E-state index is 0.762. The maximum Gasteiger partial charge on any atom is 0.117 e. The molecule has 1 N–H and O–H groups in total. The standard InChI is InChI=1S/C16H19N3O/c1-12-8-15-16(9-13(12)2)19(11-18-15)6-5-17-10-14-4-3-7-20-14/h3-4,7-9,11,17H,5-6,10H2,1-2H3. The van der Waals surface area contributed by atoms with E-state index in [-0.39, 0.29) is 0 Å². The van der Waals surface area contributed by atoms with Crippen LogP contribution in [0.4, 0.5) is 0 Å². The van der Waals surface area contributed by atoms with E-state index >= 15 is 0 Å². The van der Waals surface area contributed by atoms with Crippen molar-refractivity contribution in [2.75, 3.05) is 6.54 Å². The zero-order valence-corrected chi connectivity index (χ0v) is 11.9. The van der Waals surface area contributed by atoms with E-state index in [2.05, 4.69) is 40.8 Å². The van der Waals surface area contributed by atoms with E-state index in [4.69, 9.17) is 4.42 Å². The van der Waals surface area contributed by atoms with Crippen molar-refractivity contribution < 1.29 is 4.42 Å². The molecule has 3 rings (SSSR count). The maximum absolute atomic E-state index is 5.29. The molecule has 1 aromatic carbocycles. The summed E-state index contributed by atoms with van der Waals surface area (Å²) in [5.41, 5.74) is 4.87. The SMILES string of the molecule is Cc1cc2ncn(CCNCc3ccco3)c2cc1C. The van der Waals surface area contributed by atoms with Gasteiger partial charge >= 0.3 is 0 Å². The summed E-state index contributed by atoms with van der Waals surface area (Å²) in [5.74, 6) is 0.965. The van der Waals surface area contributed by atoms with Gasteiger partial charge in [-0.05, 0) is 49.2 Å². The third kappa shape index (κ3) is 2.60. The predicted molar refractivity (Wildman–Crippen MR) is 79.6 cm³/mol. The van der Waals surface area contributed by atoms with Crippen LogP contribution >= 0.6 is 0 Å². The molecule has 0 spiro atoms. The van der Waals surface area contributed by atoms with Gasteiger partial charge in [-0.1, -0.05) is 0 Å². The minimum Gasteiger partial charge on any atom is -0.468 e. The average molecular weight is 269 g/mol. The molecule has 4 heteroatoms. The van der Waals surface area contributed by atoms with Gasteiger partial charge in [0.05, 0.1) is 30.2 Å². The molecular weight excluding hydrogens is 250 g/mol. The lowest BCUT2D eigenvalue weighted by atomic mass is 10.1. The van der Waals surface area contributed by atoms with Crippen molar-refractivity contribution in [2.45, 2.75) is 26.9 Å². The number of imidazole rings is 1. The summed E-state index contributed by atoms with van der Waals surface area (Å²) in [6.07, 6.45) is 3.61. The van der Waals surface area contributed by atoms with Gasteiger partial charge < -0.3 is 14.3 Å². The number of benzene rings is 1. The Morgan fingerprint density at radius 1 is 1.25 bits per heavy atom. The van der Waals surface area contributed by atoms with Crippen LogP contribution in [0.2, 0.25) is 0 Å². The van der Waals surface area contributed by atoms with Crippen LogP contribution in [0.25, 0.3) is 11.0 Å². The molecule has 2 heterocycles. The number of fused-ring (bicyclic) bond motifs is 1. The zero-order chi connectivity index (χ0) is 13.9. The number of aromatic nitrogens is 2. The van der Waals surface area contributed by atoms with Crippen LogP contribution in [0.15, 0.2) is 41.3 Å². The predicted octanol–water partition coefficient (Wildman–Crippen LogP) is 3.04. The Balaban J connectivity index is 1.64. The molecular formula is C16H19N3O. The van der Waals surface area contributed by atoms with Gasteiger partial charge in [0, 0.05) is 13.1 Å². The zero-order valence-electron chi connectivity index (χ0n) is 11.9. The molecule has 0 radical (unpaired) electrons. The first-order valence-corrected chi connectivity index (χ1v) is 6.89. The number of hydrogen-bond donors (Lipinski definition) is 1. The van der Waals surface area contributed by atoms with Crippen molar-refractivity contribution in [3.63, 3.8) is 0 Å². The molecule has 2 aromatic heterocycles. The molecule has 0 saturated carbocycles. The largest absolute Gasteiger partial charge is 0.468 e. The van der Waals surface area contributed by atoms with E-state index in [0.29, 0.717) is 0 Å². The van der Waals surface area contributed by atoms with Gasteiger partial charge in [0.2, 0.25) is 0 Å². The molecule has 104 valence electrons. The smallest absolute Gasteiger partial charge is 0.117 e. The first-order chi connectivity index (χ1) is 9.74. The molecule has 0 saturated heterocycles. The van der Waals surface area contributed by atoms with Gasteiger partial charge in [-0.25, -0.2) is 4.98 Å². The van der Waals surface area contributed by atoms with Crippen molar-refractivity contribution in [1.82, 2.24) is 14.9 Å². The molecule has 20 heavy (non-hydrogen) atoms. The quantitative estimate of drug-likeness (QED) is 0.724. The molecule has 0 aliphatic heterocycles. The fourth-order valence-corrected chi connectivity index (χ4v) is 2.32. The van der Waals surface area contributed by atoms with E-state index in [1.807, 2.05) is 18.5 Å². The van der Waals surface area contributed by atoms with E-state index in [1.165, 1.54) is 16.6 Å². The second-order valence-corrected chi connectivity index (χ2v) is 5.12. The van der Waals surface area contributed by atoms with Crippen LogP contribution in [0.5, 0.6) is 0 Å². The lowest BCUT2D eigenvalue weighted by molar-refractivity contribution is 0.477. The average Bonchev–Trinajstić information content (AvgIpc) is 3.06. The second kappa shape index (κ2) is 5.51. The van der Waals surface area contributed by atoms with Crippen LogP contribution in [0, 0.1) is 13.8 Å². The van der Waals surface area contributed by atoms with Crippen molar-refractivity contribution in [2.24, 2.45) is 0 Å². The fourth-order valence-electron chi connectivity index (χ4n) is 2.32. The monoisotopic (exact) mass is 269 g/mol. The molecule has 3 aromatic rings. The number of rotatable bonds is 5. The normalized spacial score (nSPS) is 11.3. The highest BCUT2D eigenvalue weighted by atomic mass is 16.3. The number of hydrogen-bond acceptors (Lipinski definition) is 3. The summed E-state index contributed by atoms with van der Waals surface area (Å²) in [5, 5.41) is 3.37. The summed E-state index contributed by atoms with van der Waals surface area (Å²) in [7, 11) is 0. The first-order valence-electron chi connectivity index (χ1n) is 6.89. The van der Waals surface area contributed by atoms with Crippen LogP contribution < -0.4 is 5.32 Å². The summed E-state index contributed by atoms with van der Waals surface area (Å²) in [6.45, 7) is 6.82. The molecule has 0 atom stereocenters. The Morgan fingerprint density at radius 2 is 2.10 bits per heavy atom. The van der Waals surface area contributed by atoms with E-state index in [0.717, 1.165) is 30.9 Å². The van der Waals surface area contributed by atoms with E-state index in [1.54, 1.807) is 6.26 Å². The lowest BCUT2D eigenvalue weighted by Crippen LogP contribution is -2.18. The Bertz CT molecular complexity index is 698. The third-order valence-corrected chi connectivity index (χ3v) is 3.65. The van der Waals surface area contributed by atoms with Gasteiger partial charge in [-0.3, -0.25) is 0 Å². The van der Waals surface area contributed by atoms with E-state index in [9.17, 15) is 0 Å². The van der Waals surface area contributed by atoms with Gasteiger partial charge in [-0.2, -0.15) is 0 Å². The highest BCUT2D eigenvalue weighted by molar-refractivity contribution is 5.77. The number of aryl methyl sites for hydroxylation is 2. The Labute approximate surface area is 118 Å². The number of nitrogens with zero attached hydrogens (tertiary/aromatic N) is 2. The van der Waals surface area contributed by atoms with Crippen molar-refractivity contribution in [1.29, 1.82) is 0 Å².